The minimum Gasteiger partial charge on any atom is -0.369 e. The minimum atomic E-state index is -0.258. The van der Waals surface area contributed by atoms with Gasteiger partial charge in [0.05, 0.1) is 16.8 Å². The van der Waals surface area contributed by atoms with Gasteiger partial charge in [0.25, 0.3) is 0 Å². The van der Waals surface area contributed by atoms with Crippen LogP contribution in [0.25, 0.3) is 0 Å². The third-order valence-electron chi connectivity index (χ3n) is 4.60. The summed E-state index contributed by atoms with van der Waals surface area (Å²) in [5.74, 6) is -0.0922. The Morgan fingerprint density at radius 3 is 2.38 bits per heavy atom. The first-order valence-corrected chi connectivity index (χ1v) is 9.58. The van der Waals surface area contributed by atoms with Crippen molar-refractivity contribution in [1.29, 1.82) is 0 Å². The monoisotopic (exact) mass is 411 g/mol. The molecule has 1 N–H and O–H groups in total. The number of carbonyl (C=O) groups is 1. The lowest BCUT2D eigenvalue weighted by atomic mass is 10.2. The second-order valence-corrected chi connectivity index (χ2v) is 7.57. The Morgan fingerprint density at radius 2 is 1.69 bits per heavy atom. The number of hydrogen-bond donors (Lipinski definition) is 1. The molecule has 0 spiro atoms. The second kappa shape index (κ2) is 8.49. The fourth-order valence-corrected chi connectivity index (χ4v) is 3.56. The molecule has 4 nitrogen and oxygen atoms in total. The highest BCUT2D eigenvalue weighted by atomic mass is 35.5. The molecule has 1 aliphatic rings. The van der Waals surface area contributed by atoms with Crippen molar-refractivity contribution in [3.63, 3.8) is 0 Å². The molecule has 0 aliphatic carbocycles. The van der Waals surface area contributed by atoms with Gasteiger partial charge >= 0.3 is 0 Å². The lowest BCUT2D eigenvalue weighted by Crippen LogP contribution is -2.52. The number of rotatable bonds is 4. The molecule has 138 valence electrons. The Balaban J connectivity index is 1.58. The number of nitrogens with zero attached hydrogens (tertiary/aromatic N) is 2. The van der Waals surface area contributed by atoms with Gasteiger partial charge in [-0.05, 0) is 43.3 Å². The van der Waals surface area contributed by atoms with Gasteiger partial charge in [0.1, 0.15) is 0 Å². The highest BCUT2D eigenvalue weighted by Crippen LogP contribution is 2.26. The summed E-state index contributed by atoms with van der Waals surface area (Å²) in [6, 6.07) is 12.6. The van der Waals surface area contributed by atoms with Gasteiger partial charge in [-0.1, -0.05) is 40.9 Å². The van der Waals surface area contributed by atoms with E-state index in [1.807, 2.05) is 25.1 Å². The first kappa shape index (κ1) is 19.3. The van der Waals surface area contributed by atoms with Crippen LogP contribution in [-0.2, 0) is 4.79 Å². The van der Waals surface area contributed by atoms with Crippen LogP contribution >= 0.6 is 34.8 Å². The lowest BCUT2D eigenvalue weighted by molar-refractivity contribution is -0.120. The standard InChI is InChI=1S/C19H20Cl3N3O/c1-13(19(26)23-18-12-15(21)5-6-17(18)22)24-7-9-25(10-8-24)16-4-2-3-14(20)11-16/h2-6,11-13H,7-10H2,1H3,(H,23,26)/t13-/m0/s1. The molecule has 1 amide bonds. The largest absolute Gasteiger partial charge is 0.369 e. The zero-order valence-electron chi connectivity index (χ0n) is 14.4. The van der Waals surface area contributed by atoms with Gasteiger partial charge < -0.3 is 10.2 Å². The van der Waals surface area contributed by atoms with E-state index in [1.54, 1.807) is 18.2 Å². The number of piperazine rings is 1. The van der Waals surface area contributed by atoms with E-state index >= 15 is 0 Å². The van der Waals surface area contributed by atoms with Crippen molar-refractivity contribution in [3.05, 3.63) is 57.5 Å². The molecule has 1 fully saturated rings. The fourth-order valence-electron chi connectivity index (χ4n) is 3.04. The quantitative estimate of drug-likeness (QED) is 0.784. The number of halogens is 3. The average Bonchev–Trinajstić information content (AvgIpc) is 2.64. The van der Waals surface area contributed by atoms with Gasteiger partial charge in [-0.15, -0.1) is 0 Å². The van der Waals surface area contributed by atoms with Crippen LogP contribution in [0.5, 0.6) is 0 Å². The Hall–Kier alpha value is -1.46. The molecule has 0 saturated carbocycles. The zero-order chi connectivity index (χ0) is 18.7. The van der Waals surface area contributed by atoms with E-state index in [2.05, 4.69) is 21.2 Å². The van der Waals surface area contributed by atoms with Crippen LogP contribution in [0.1, 0.15) is 6.92 Å². The van der Waals surface area contributed by atoms with Gasteiger partial charge in [0, 0.05) is 41.9 Å². The van der Waals surface area contributed by atoms with E-state index in [0.29, 0.717) is 15.7 Å². The summed E-state index contributed by atoms with van der Waals surface area (Å²) < 4.78 is 0. The molecule has 0 bridgehead atoms. The Kier molecular flexibility index (Phi) is 6.30. The van der Waals surface area contributed by atoms with E-state index in [1.165, 1.54) is 0 Å². The van der Waals surface area contributed by atoms with Crippen molar-refractivity contribution in [2.24, 2.45) is 0 Å². The third kappa shape index (κ3) is 4.63. The van der Waals surface area contributed by atoms with Crippen molar-refractivity contribution in [3.8, 4) is 0 Å². The normalized spacial score (nSPS) is 16.4. The van der Waals surface area contributed by atoms with Crippen molar-refractivity contribution in [2.45, 2.75) is 13.0 Å². The predicted octanol–water partition coefficient (Wildman–Crippen LogP) is 4.80. The van der Waals surface area contributed by atoms with Gasteiger partial charge in [-0.25, -0.2) is 0 Å². The molecule has 0 radical (unpaired) electrons. The van der Waals surface area contributed by atoms with Crippen LogP contribution in [0.3, 0.4) is 0 Å². The van der Waals surface area contributed by atoms with Crippen LogP contribution in [0, 0.1) is 0 Å². The summed E-state index contributed by atoms with van der Waals surface area (Å²) in [5.41, 5.74) is 1.65. The van der Waals surface area contributed by atoms with Gasteiger partial charge in [-0.2, -0.15) is 0 Å². The summed E-state index contributed by atoms with van der Waals surface area (Å²) >= 11 is 18.2. The summed E-state index contributed by atoms with van der Waals surface area (Å²) in [6.45, 7) is 5.18. The van der Waals surface area contributed by atoms with E-state index < -0.39 is 0 Å². The molecule has 26 heavy (non-hydrogen) atoms. The Morgan fingerprint density at radius 1 is 1.00 bits per heavy atom. The summed E-state index contributed by atoms with van der Waals surface area (Å²) in [7, 11) is 0. The number of anilines is 2. The fraction of sp³-hybridized carbons (Fsp3) is 0.316. The molecule has 2 aromatic carbocycles. The first-order chi connectivity index (χ1) is 12.4. The summed E-state index contributed by atoms with van der Waals surface area (Å²) in [4.78, 5) is 17.0. The molecule has 0 aromatic heterocycles. The first-order valence-electron chi connectivity index (χ1n) is 8.44. The van der Waals surface area contributed by atoms with Crippen LogP contribution in [0.4, 0.5) is 11.4 Å². The Bertz CT molecular complexity index is 791. The Labute approximate surface area is 168 Å². The number of carbonyl (C=O) groups excluding carboxylic acids is 1. The van der Waals surface area contributed by atoms with Crippen LogP contribution in [0.2, 0.25) is 15.1 Å². The maximum atomic E-state index is 12.6. The van der Waals surface area contributed by atoms with Crippen LogP contribution in [0.15, 0.2) is 42.5 Å². The summed E-state index contributed by atoms with van der Waals surface area (Å²) in [6.07, 6.45) is 0. The van der Waals surface area contributed by atoms with Crippen molar-refractivity contribution < 1.29 is 4.79 Å². The third-order valence-corrected chi connectivity index (χ3v) is 5.40. The number of amides is 1. The molecule has 3 rings (SSSR count). The second-order valence-electron chi connectivity index (χ2n) is 6.29. The topological polar surface area (TPSA) is 35.6 Å². The lowest BCUT2D eigenvalue weighted by Gasteiger charge is -2.38. The molecular weight excluding hydrogens is 393 g/mol. The zero-order valence-corrected chi connectivity index (χ0v) is 16.7. The van der Waals surface area contributed by atoms with Gasteiger partial charge in [0.15, 0.2) is 0 Å². The minimum absolute atomic E-state index is 0.0922. The molecule has 1 saturated heterocycles. The van der Waals surface area contributed by atoms with Crippen LogP contribution in [-0.4, -0.2) is 43.0 Å². The molecule has 1 heterocycles. The highest BCUT2D eigenvalue weighted by molar-refractivity contribution is 6.35. The van der Waals surface area contributed by atoms with Crippen molar-refractivity contribution in [2.75, 3.05) is 36.4 Å². The summed E-state index contributed by atoms with van der Waals surface area (Å²) in [5, 5.41) is 4.61. The van der Waals surface area contributed by atoms with E-state index in [9.17, 15) is 4.79 Å². The molecule has 7 heteroatoms. The van der Waals surface area contributed by atoms with Crippen LogP contribution < -0.4 is 10.2 Å². The molecule has 1 aliphatic heterocycles. The van der Waals surface area contributed by atoms with Crippen molar-refractivity contribution >= 4 is 52.1 Å². The van der Waals surface area contributed by atoms with E-state index in [4.69, 9.17) is 34.8 Å². The van der Waals surface area contributed by atoms with Crippen molar-refractivity contribution in [1.82, 2.24) is 4.90 Å². The number of benzene rings is 2. The van der Waals surface area contributed by atoms with E-state index in [0.717, 1.165) is 36.9 Å². The maximum Gasteiger partial charge on any atom is 0.241 e. The smallest absolute Gasteiger partial charge is 0.241 e. The molecule has 1 atom stereocenters. The van der Waals surface area contributed by atoms with Gasteiger partial charge in [0.2, 0.25) is 5.91 Å². The molecule has 0 unspecified atom stereocenters. The molecule has 2 aromatic rings. The maximum absolute atomic E-state index is 12.6. The highest BCUT2D eigenvalue weighted by Gasteiger charge is 2.26. The van der Waals surface area contributed by atoms with Gasteiger partial charge in [-0.3, -0.25) is 9.69 Å². The predicted molar refractivity (Wildman–Crippen MR) is 110 cm³/mol. The average molecular weight is 413 g/mol. The SMILES string of the molecule is C[C@@H](C(=O)Nc1cc(Cl)ccc1Cl)N1CCN(c2cccc(Cl)c2)CC1. The number of hydrogen-bond acceptors (Lipinski definition) is 3. The number of nitrogens with one attached hydrogen (secondary N) is 1. The van der Waals surface area contributed by atoms with E-state index in [-0.39, 0.29) is 11.9 Å². The molecular formula is C19H20Cl3N3O.